The summed E-state index contributed by atoms with van der Waals surface area (Å²) in [6.45, 7) is -0.0203. The van der Waals surface area contributed by atoms with Crippen LogP contribution in [0.5, 0.6) is 0 Å². The van der Waals surface area contributed by atoms with E-state index in [2.05, 4.69) is 5.32 Å². The Morgan fingerprint density at radius 3 is 2.70 bits per heavy atom. The van der Waals surface area contributed by atoms with Gasteiger partial charge in [-0.3, -0.25) is 4.79 Å². The fraction of sp³-hybridized carbons (Fsp3) is 0.133. The highest BCUT2D eigenvalue weighted by Gasteiger charge is 2.13. The molecule has 1 atom stereocenters. The van der Waals surface area contributed by atoms with Gasteiger partial charge in [-0.25, -0.2) is 4.39 Å². The highest BCUT2D eigenvalue weighted by molar-refractivity contribution is 6.30. The number of aliphatic hydroxyl groups excluding tert-OH is 1. The molecule has 5 heteroatoms. The molecule has 0 saturated heterocycles. The lowest BCUT2D eigenvalue weighted by Crippen LogP contribution is -2.29. The first-order valence-corrected chi connectivity index (χ1v) is 6.42. The van der Waals surface area contributed by atoms with E-state index < -0.39 is 17.8 Å². The summed E-state index contributed by atoms with van der Waals surface area (Å²) in [5.41, 5.74) is 0.539. The second-order valence-corrected chi connectivity index (χ2v) is 4.70. The summed E-state index contributed by atoms with van der Waals surface area (Å²) in [6, 6.07) is 12.4. The van der Waals surface area contributed by atoms with Crippen molar-refractivity contribution in [3.63, 3.8) is 0 Å². The third kappa shape index (κ3) is 3.56. The van der Waals surface area contributed by atoms with Crippen molar-refractivity contribution in [2.24, 2.45) is 0 Å². The minimum atomic E-state index is -0.899. The molecule has 0 aliphatic heterocycles. The summed E-state index contributed by atoms with van der Waals surface area (Å²) in [6.07, 6.45) is -0.899. The van der Waals surface area contributed by atoms with Crippen molar-refractivity contribution in [3.8, 4) is 0 Å². The quantitative estimate of drug-likeness (QED) is 0.910. The van der Waals surface area contributed by atoms with Crippen molar-refractivity contribution in [1.29, 1.82) is 0 Å². The summed E-state index contributed by atoms with van der Waals surface area (Å²) in [5.74, 6) is -1.16. The van der Waals surface area contributed by atoms with Gasteiger partial charge in [0.25, 0.3) is 5.91 Å². The summed E-state index contributed by atoms with van der Waals surface area (Å²) in [5, 5.41) is 12.9. The minimum Gasteiger partial charge on any atom is -0.387 e. The number of halogens is 2. The van der Waals surface area contributed by atoms with Gasteiger partial charge in [-0.1, -0.05) is 35.9 Å². The van der Waals surface area contributed by atoms with Crippen LogP contribution >= 0.6 is 11.6 Å². The van der Waals surface area contributed by atoms with Crippen molar-refractivity contribution in [2.45, 2.75) is 6.10 Å². The first kappa shape index (κ1) is 14.5. The Bertz CT molecular complexity index is 618. The van der Waals surface area contributed by atoms with Crippen LogP contribution < -0.4 is 5.32 Å². The van der Waals surface area contributed by atoms with E-state index >= 15 is 0 Å². The molecular weight excluding hydrogens is 281 g/mol. The highest BCUT2D eigenvalue weighted by atomic mass is 35.5. The van der Waals surface area contributed by atoms with E-state index in [0.717, 1.165) is 0 Å². The van der Waals surface area contributed by atoms with Crippen LogP contribution in [0.3, 0.4) is 0 Å². The standard InChI is InChI=1S/C15H13ClFNO2/c16-11-5-3-4-10(8-11)14(19)9-18-15(20)12-6-1-2-7-13(12)17/h1-8,14,19H,9H2,(H,18,20)/t14-/m1/s1. The monoisotopic (exact) mass is 293 g/mol. The number of hydrogen-bond donors (Lipinski definition) is 2. The van der Waals surface area contributed by atoms with Crippen LogP contribution in [0.1, 0.15) is 22.0 Å². The summed E-state index contributed by atoms with van der Waals surface area (Å²) < 4.78 is 13.4. The van der Waals surface area contributed by atoms with Crippen LogP contribution in [0.15, 0.2) is 48.5 Å². The van der Waals surface area contributed by atoms with Crippen molar-refractivity contribution in [2.75, 3.05) is 6.54 Å². The van der Waals surface area contributed by atoms with Crippen LogP contribution in [0.2, 0.25) is 5.02 Å². The van der Waals surface area contributed by atoms with Crippen LogP contribution in [0, 0.1) is 5.82 Å². The number of amides is 1. The Morgan fingerprint density at radius 2 is 2.00 bits per heavy atom. The number of benzene rings is 2. The molecule has 0 aliphatic carbocycles. The number of aliphatic hydroxyl groups is 1. The smallest absolute Gasteiger partial charge is 0.254 e. The van der Waals surface area contributed by atoms with E-state index in [4.69, 9.17) is 11.6 Å². The van der Waals surface area contributed by atoms with E-state index in [1.54, 1.807) is 30.3 Å². The molecule has 0 spiro atoms. The van der Waals surface area contributed by atoms with E-state index in [1.807, 2.05) is 0 Å². The van der Waals surface area contributed by atoms with E-state index in [0.29, 0.717) is 10.6 Å². The zero-order valence-electron chi connectivity index (χ0n) is 10.5. The molecule has 2 N–H and O–H groups in total. The van der Waals surface area contributed by atoms with Gasteiger partial charge >= 0.3 is 0 Å². The summed E-state index contributed by atoms with van der Waals surface area (Å²) in [4.78, 5) is 11.8. The molecule has 0 aliphatic rings. The van der Waals surface area contributed by atoms with E-state index in [9.17, 15) is 14.3 Å². The normalized spacial score (nSPS) is 11.9. The molecule has 104 valence electrons. The van der Waals surface area contributed by atoms with Gasteiger partial charge < -0.3 is 10.4 Å². The number of hydrogen-bond acceptors (Lipinski definition) is 2. The second-order valence-electron chi connectivity index (χ2n) is 4.26. The molecule has 0 heterocycles. The van der Waals surface area contributed by atoms with Crippen LogP contribution in [0.4, 0.5) is 4.39 Å². The van der Waals surface area contributed by atoms with Gasteiger partial charge in [0.15, 0.2) is 0 Å². The predicted molar refractivity (Wildman–Crippen MR) is 75.1 cm³/mol. The maximum Gasteiger partial charge on any atom is 0.254 e. The third-order valence-corrected chi connectivity index (χ3v) is 3.04. The van der Waals surface area contributed by atoms with Gasteiger partial charge in [0.2, 0.25) is 0 Å². The Hall–Kier alpha value is -1.91. The molecule has 20 heavy (non-hydrogen) atoms. The minimum absolute atomic E-state index is 0.0203. The van der Waals surface area contributed by atoms with E-state index in [-0.39, 0.29) is 12.1 Å². The average molecular weight is 294 g/mol. The fourth-order valence-corrected chi connectivity index (χ4v) is 1.96. The molecule has 3 nitrogen and oxygen atoms in total. The SMILES string of the molecule is O=C(NC[C@@H](O)c1cccc(Cl)c1)c1ccccc1F. The van der Waals surface area contributed by atoms with Crippen LogP contribution in [0.25, 0.3) is 0 Å². The van der Waals surface area contributed by atoms with Crippen molar-refractivity contribution >= 4 is 17.5 Å². The molecule has 0 radical (unpaired) electrons. The predicted octanol–water partition coefficient (Wildman–Crippen LogP) is 2.94. The van der Waals surface area contributed by atoms with Gasteiger partial charge in [0.05, 0.1) is 11.7 Å². The average Bonchev–Trinajstić information content (AvgIpc) is 2.45. The van der Waals surface area contributed by atoms with Crippen molar-refractivity contribution in [1.82, 2.24) is 5.32 Å². The van der Waals surface area contributed by atoms with Crippen LogP contribution in [-0.2, 0) is 0 Å². The second kappa shape index (κ2) is 6.50. The first-order chi connectivity index (χ1) is 9.58. The molecule has 2 aromatic rings. The Labute approximate surface area is 121 Å². The molecule has 0 fully saturated rings. The van der Waals surface area contributed by atoms with Gasteiger partial charge in [-0.2, -0.15) is 0 Å². The zero-order valence-corrected chi connectivity index (χ0v) is 11.3. The number of rotatable bonds is 4. The number of carbonyl (C=O) groups is 1. The summed E-state index contributed by atoms with van der Waals surface area (Å²) >= 11 is 5.82. The number of nitrogens with one attached hydrogen (secondary N) is 1. The van der Waals surface area contributed by atoms with Gasteiger partial charge in [0.1, 0.15) is 5.82 Å². The Balaban J connectivity index is 1.99. The third-order valence-electron chi connectivity index (χ3n) is 2.81. The molecule has 0 saturated carbocycles. The molecule has 0 bridgehead atoms. The van der Waals surface area contributed by atoms with Gasteiger partial charge in [-0.05, 0) is 29.8 Å². The summed E-state index contributed by atoms with van der Waals surface area (Å²) in [7, 11) is 0. The molecule has 1 amide bonds. The molecule has 2 aromatic carbocycles. The Morgan fingerprint density at radius 1 is 1.25 bits per heavy atom. The Kier molecular flexibility index (Phi) is 4.71. The van der Waals surface area contributed by atoms with Crippen LogP contribution in [-0.4, -0.2) is 17.6 Å². The van der Waals surface area contributed by atoms with Crippen molar-refractivity contribution < 1.29 is 14.3 Å². The highest BCUT2D eigenvalue weighted by Crippen LogP contribution is 2.17. The molecule has 0 unspecified atom stereocenters. The lowest BCUT2D eigenvalue weighted by atomic mass is 10.1. The lowest BCUT2D eigenvalue weighted by Gasteiger charge is -2.12. The molecule has 0 aromatic heterocycles. The molecule has 2 rings (SSSR count). The topological polar surface area (TPSA) is 49.3 Å². The maximum absolute atomic E-state index is 13.4. The fourth-order valence-electron chi connectivity index (χ4n) is 1.76. The van der Waals surface area contributed by atoms with E-state index in [1.165, 1.54) is 18.2 Å². The maximum atomic E-state index is 13.4. The largest absolute Gasteiger partial charge is 0.387 e. The zero-order chi connectivity index (χ0) is 14.5. The van der Waals surface area contributed by atoms with Gasteiger partial charge in [-0.15, -0.1) is 0 Å². The molecular formula is C15H13ClFNO2. The van der Waals surface area contributed by atoms with Gasteiger partial charge in [0, 0.05) is 11.6 Å². The van der Waals surface area contributed by atoms with Crippen molar-refractivity contribution in [3.05, 3.63) is 70.5 Å². The lowest BCUT2D eigenvalue weighted by molar-refractivity contribution is 0.0912. The number of carbonyl (C=O) groups excluding carboxylic acids is 1. The first-order valence-electron chi connectivity index (χ1n) is 6.04.